The first-order chi connectivity index (χ1) is 16.1. The van der Waals surface area contributed by atoms with Gasteiger partial charge in [0.25, 0.3) is 0 Å². The van der Waals surface area contributed by atoms with Gasteiger partial charge in [-0.05, 0) is 38.1 Å². The van der Waals surface area contributed by atoms with Gasteiger partial charge in [-0.25, -0.2) is 9.78 Å². The van der Waals surface area contributed by atoms with E-state index in [0.717, 1.165) is 0 Å². The molecule has 0 bridgehead atoms. The fraction of sp³-hybridized carbons (Fsp3) is 0.667. The van der Waals surface area contributed by atoms with Crippen molar-refractivity contribution in [2.75, 3.05) is 13.2 Å². The molecule has 1 rings (SSSR count). The smallest absolute Gasteiger partial charge is 0.326 e. The lowest BCUT2D eigenvalue weighted by Crippen LogP contribution is -2.58. The number of imidazole rings is 1. The molecule has 0 spiro atoms. The van der Waals surface area contributed by atoms with Gasteiger partial charge in [-0.3, -0.25) is 14.4 Å². The third-order valence-electron chi connectivity index (χ3n) is 5.05. The molecule has 4 unspecified atom stereocenters. The Balaban J connectivity index is 2.78. The Morgan fingerprint density at radius 2 is 1.65 bits per heavy atom. The first-order valence-corrected chi connectivity index (χ1v) is 11.3. The highest BCUT2D eigenvalue weighted by molar-refractivity contribution is 5.94. The van der Waals surface area contributed by atoms with Crippen LogP contribution in [-0.2, 0) is 25.6 Å². The maximum Gasteiger partial charge on any atom is 0.326 e. The van der Waals surface area contributed by atoms with Gasteiger partial charge in [0.05, 0.1) is 19.0 Å². The number of aromatic amines is 1. The average molecular weight is 484 g/mol. The molecule has 34 heavy (non-hydrogen) atoms. The number of nitrogens with two attached hydrogens (primary N) is 2. The maximum absolute atomic E-state index is 12.9. The van der Waals surface area contributed by atoms with E-state index in [2.05, 4.69) is 25.9 Å². The summed E-state index contributed by atoms with van der Waals surface area (Å²) in [6.45, 7) is 3.34. The summed E-state index contributed by atoms with van der Waals surface area (Å²) >= 11 is 0. The van der Waals surface area contributed by atoms with Crippen LogP contribution in [0.4, 0.5) is 0 Å². The van der Waals surface area contributed by atoms with Crippen molar-refractivity contribution in [1.82, 2.24) is 25.9 Å². The summed E-state index contributed by atoms with van der Waals surface area (Å²) < 4.78 is 0. The number of hydrogen-bond donors (Lipinski definition) is 8. The summed E-state index contributed by atoms with van der Waals surface area (Å²) in [6.07, 6.45) is 4.68. The molecule has 13 nitrogen and oxygen atoms in total. The average Bonchev–Trinajstić information content (AvgIpc) is 3.28. The highest BCUT2D eigenvalue weighted by Gasteiger charge is 2.30. The first kappa shape index (κ1) is 29.0. The van der Waals surface area contributed by atoms with E-state index in [4.69, 9.17) is 11.5 Å². The first-order valence-electron chi connectivity index (χ1n) is 11.3. The molecule has 0 aliphatic carbocycles. The molecule has 0 radical (unpaired) electrons. The number of rotatable bonds is 16. The zero-order valence-electron chi connectivity index (χ0n) is 19.6. The largest absolute Gasteiger partial charge is 0.480 e. The SMILES string of the molecule is CC(C)CC(NC(=O)C(N)Cc1cnc[nH]1)C(=O)NC(CO)C(=O)NC(CCCCN)C(=O)O. The summed E-state index contributed by atoms with van der Waals surface area (Å²) in [5.74, 6) is -3.32. The third-order valence-corrected chi connectivity index (χ3v) is 5.05. The lowest BCUT2D eigenvalue weighted by Gasteiger charge is -2.25. The number of nitrogens with one attached hydrogen (secondary N) is 4. The van der Waals surface area contributed by atoms with Crippen molar-refractivity contribution < 1.29 is 29.4 Å². The quantitative estimate of drug-likeness (QED) is 0.121. The van der Waals surface area contributed by atoms with Gasteiger partial charge >= 0.3 is 5.97 Å². The van der Waals surface area contributed by atoms with Gasteiger partial charge in [0.2, 0.25) is 17.7 Å². The number of aliphatic hydroxyl groups excluding tert-OH is 1. The molecular weight excluding hydrogens is 446 g/mol. The Bertz CT molecular complexity index is 787. The van der Waals surface area contributed by atoms with Crippen molar-refractivity contribution in [3.05, 3.63) is 18.2 Å². The van der Waals surface area contributed by atoms with Crippen LogP contribution in [0.3, 0.4) is 0 Å². The number of aliphatic hydroxyl groups is 1. The number of carbonyl (C=O) groups excluding carboxylic acids is 3. The minimum atomic E-state index is -1.39. The fourth-order valence-corrected chi connectivity index (χ4v) is 3.20. The Kier molecular flexibility index (Phi) is 12.8. The predicted octanol–water partition coefficient (Wildman–Crippen LogP) is -2.01. The third kappa shape index (κ3) is 10.3. The van der Waals surface area contributed by atoms with E-state index in [0.29, 0.717) is 25.1 Å². The van der Waals surface area contributed by atoms with Crippen LogP contribution in [0, 0.1) is 5.92 Å². The summed E-state index contributed by atoms with van der Waals surface area (Å²) in [5.41, 5.74) is 12.0. The van der Waals surface area contributed by atoms with Crippen molar-refractivity contribution in [1.29, 1.82) is 0 Å². The van der Waals surface area contributed by atoms with Gasteiger partial charge in [-0.1, -0.05) is 13.8 Å². The Morgan fingerprint density at radius 1 is 1.03 bits per heavy atom. The lowest BCUT2D eigenvalue weighted by molar-refractivity contribution is -0.142. The minimum Gasteiger partial charge on any atom is -0.480 e. The summed E-state index contributed by atoms with van der Waals surface area (Å²) in [4.78, 5) is 56.1. The van der Waals surface area contributed by atoms with E-state index >= 15 is 0 Å². The second-order valence-corrected chi connectivity index (χ2v) is 8.51. The molecule has 1 aromatic heterocycles. The Labute approximate surface area is 198 Å². The van der Waals surface area contributed by atoms with Crippen LogP contribution in [0.5, 0.6) is 0 Å². The Morgan fingerprint density at radius 3 is 2.18 bits per heavy atom. The molecule has 0 aliphatic heterocycles. The molecule has 13 heteroatoms. The van der Waals surface area contributed by atoms with E-state index in [-0.39, 0.29) is 25.2 Å². The number of amides is 3. The van der Waals surface area contributed by atoms with Crippen LogP contribution < -0.4 is 27.4 Å². The van der Waals surface area contributed by atoms with Crippen molar-refractivity contribution in [2.45, 2.75) is 70.1 Å². The molecule has 0 fully saturated rings. The Hall–Kier alpha value is -3.03. The standard InChI is InChI=1S/C21H37N7O6/c1-12(2)7-16(27-18(30)14(23)8-13-9-24-11-25-13)19(31)28-17(10-29)20(32)26-15(21(33)34)5-3-4-6-22/h9,11-12,14-17,29H,3-8,10,22-23H2,1-2H3,(H,24,25)(H,26,32)(H,27,30)(H,28,31)(H,33,34). The van der Waals surface area contributed by atoms with E-state index < -0.39 is 54.5 Å². The predicted molar refractivity (Wildman–Crippen MR) is 123 cm³/mol. The molecule has 0 saturated carbocycles. The molecule has 1 heterocycles. The second kappa shape index (κ2) is 15.0. The number of carboxylic acids is 1. The molecular formula is C21H37N7O6. The molecule has 1 aromatic rings. The summed E-state index contributed by atoms with van der Waals surface area (Å²) in [6, 6.07) is -4.53. The monoisotopic (exact) mass is 483 g/mol. The molecule has 0 saturated heterocycles. The maximum atomic E-state index is 12.9. The van der Waals surface area contributed by atoms with E-state index in [1.54, 1.807) is 0 Å². The normalized spacial score (nSPS) is 14.6. The zero-order chi connectivity index (χ0) is 25.7. The number of aliphatic carboxylic acids is 1. The van der Waals surface area contributed by atoms with Crippen molar-refractivity contribution in [2.24, 2.45) is 17.4 Å². The van der Waals surface area contributed by atoms with Gasteiger partial charge in [0.1, 0.15) is 18.1 Å². The molecule has 10 N–H and O–H groups in total. The number of aromatic nitrogens is 2. The van der Waals surface area contributed by atoms with Crippen LogP contribution in [0.15, 0.2) is 12.5 Å². The van der Waals surface area contributed by atoms with Crippen LogP contribution in [0.1, 0.15) is 45.2 Å². The van der Waals surface area contributed by atoms with E-state index in [1.807, 2.05) is 13.8 Å². The molecule has 4 atom stereocenters. The van der Waals surface area contributed by atoms with Gasteiger partial charge in [-0.15, -0.1) is 0 Å². The number of H-pyrrole nitrogens is 1. The minimum absolute atomic E-state index is 0.0141. The van der Waals surface area contributed by atoms with E-state index in [1.165, 1.54) is 12.5 Å². The van der Waals surface area contributed by atoms with Gasteiger partial charge in [0, 0.05) is 18.3 Å². The molecule has 0 aromatic carbocycles. The van der Waals surface area contributed by atoms with Crippen LogP contribution in [-0.4, -0.2) is 81.2 Å². The summed E-state index contributed by atoms with van der Waals surface area (Å²) in [7, 11) is 0. The number of hydrogen-bond acceptors (Lipinski definition) is 8. The van der Waals surface area contributed by atoms with Crippen molar-refractivity contribution in [3.63, 3.8) is 0 Å². The second-order valence-electron chi connectivity index (χ2n) is 8.51. The van der Waals surface area contributed by atoms with Gasteiger partial charge in [-0.2, -0.15) is 0 Å². The topological polar surface area (TPSA) is 226 Å². The summed E-state index contributed by atoms with van der Waals surface area (Å²) in [5, 5.41) is 26.3. The molecule has 3 amide bonds. The van der Waals surface area contributed by atoms with Crippen molar-refractivity contribution in [3.8, 4) is 0 Å². The highest BCUT2D eigenvalue weighted by atomic mass is 16.4. The zero-order valence-corrected chi connectivity index (χ0v) is 19.6. The van der Waals surface area contributed by atoms with Crippen LogP contribution in [0.2, 0.25) is 0 Å². The van der Waals surface area contributed by atoms with E-state index in [9.17, 15) is 29.4 Å². The number of carbonyl (C=O) groups is 4. The fourth-order valence-electron chi connectivity index (χ4n) is 3.20. The highest BCUT2D eigenvalue weighted by Crippen LogP contribution is 2.07. The number of nitrogens with zero attached hydrogens (tertiary/aromatic N) is 1. The van der Waals surface area contributed by atoms with Crippen molar-refractivity contribution >= 4 is 23.7 Å². The van der Waals surface area contributed by atoms with Crippen LogP contribution in [0.25, 0.3) is 0 Å². The molecule has 192 valence electrons. The van der Waals surface area contributed by atoms with Crippen LogP contribution >= 0.6 is 0 Å². The van der Waals surface area contributed by atoms with Gasteiger partial charge in [0.15, 0.2) is 0 Å². The number of carboxylic acid groups (broad SMARTS) is 1. The van der Waals surface area contributed by atoms with Gasteiger partial charge < -0.3 is 42.6 Å². The number of unbranched alkanes of at least 4 members (excludes halogenated alkanes) is 1. The lowest BCUT2D eigenvalue weighted by atomic mass is 10.0. The molecule has 0 aliphatic rings.